The van der Waals surface area contributed by atoms with Gasteiger partial charge in [0.05, 0.1) is 6.10 Å². The topological polar surface area (TPSA) is 20.2 Å². The lowest BCUT2D eigenvalue weighted by Crippen LogP contribution is -2.21. The predicted molar refractivity (Wildman–Crippen MR) is 56.5 cm³/mol. The van der Waals surface area contributed by atoms with Gasteiger partial charge in [-0.1, -0.05) is 30.7 Å². The van der Waals surface area contributed by atoms with Crippen molar-refractivity contribution < 1.29 is 5.11 Å². The molecule has 0 aliphatic heterocycles. The van der Waals surface area contributed by atoms with E-state index < -0.39 is 0 Å². The van der Waals surface area contributed by atoms with Gasteiger partial charge in [-0.25, -0.2) is 0 Å². The van der Waals surface area contributed by atoms with Crippen molar-refractivity contribution in [3.63, 3.8) is 0 Å². The van der Waals surface area contributed by atoms with E-state index in [1.807, 2.05) is 6.92 Å². The van der Waals surface area contributed by atoms with Gasteiger partial charge in [-0.05, 0) is 32.6 Å². The second-order valence-electron chi connectivity index (χ2n) is 4.10. The molecule has 1 heteroatoms. The molecule has 0 saturated heterocycles. The largest absolute Gasteiger partial charge is 0.388 e. The first kappa shape index (κ1) is 10.5. The Hall–Kier alpha value is -0.560. The number of aliphatic hydroxyl groups excluding tert-OH is 1. The molecule has 0 radical (unpaired) electrons. The van der Waals surface area contributed by atoms with E-state index in [0.717, 1.165) is 12.0 Å². The summed E-state index contributed by atoms with van der Waals surface area (Å²) in [5.74, 6) is 0.262. The van der Waals surface area contributed by atoms with E-state index in [0.29, 0.717) is 0 Å². The molecule has 1 aliphatic rings. The van der Waals surface area contributed by atoms with Gasteiger partial charge in [0.1, 0.15) is 0 Å². The summed E-state index contributed by atoms with van der Waals surface area (Å²) in [6.07, 6.45) is 6.86. The van der Waals surface area contributed by atoms with Crippen LogP contribution in [0.2, 0.25) is 0 Å². The Labute approximate surface area is 81.2 Å². The van der Waals surface area contributed by atoms with Gasteiger partial charge in [0, 0.05) is 5.92 Å². The molecule has 0 aromatic rings. The molecule has 2 atom stereocenters. The smallest absolute Gasteiger partial charge is 0.0807 e. The van der Waals surface area contributed by atoms with Gasteiger partial charge in [0.2, 0.25) is 0 Å². The van der Waals surface area contributed by atoms with Gasteiger partial charge < -0.3 is 5.11 Å². The molecule has 0 aromatic carbocycles. The maximum Gasteiger partial charge on any atom is 0.0807 e. The average Bonchev–Trinajstić information content (AvgIpc) is 2.17. The number of hydrogen-bond donors (Lipinski definition) is 1. The summed E-state index contributed by atoms with van der Waals surface area (Å²) in [4.78, 5) is 0. The number of allylic oxidation sites excluding steroid dienone is 1. The summed E-state index contributed by atoms with van der Waals surface area (Å²) in [5, 5.41) is 9.81. The standard InChI is InChI=1S/C12H20O/c1-9(2)12(13)10(3)11-7-5-4-6-8-11/h7,10,12-13H,1,4-6,8H2,2-3H3/t10-,12+/m0/s1. The van der Waals surface area contributed by atoms with E-state index in [4.69, 9.17) is 0 Å². The molecule has 13 heavy (non-hydrogen) atoms. The third kappa shape index (κ3) is 2.70. The van der Waals surface area contributed by atoms with Gasteiger partial charge in [-0.15, -0.1) is 0 Å². The molecule has 0 unspecified atom stereocenters. The van der Waals surface area contributed by atoms with Crippen LogP contribution in [-0.4, -0.2) is 11.2 Å². The lowest BCUT2D eigenvalue weighted by molar-refractivity contribution is 0.165. The van der Waals surface area contributed by atoms with Crippen LogP contribution in [0.1, 0.15) is 39.5 Å². The van der Waals surface area contributed by atoms with E-state index in [2.05, 4.69) is 19.6 Å². The zero-order valence-electron chi connectivity index (χ0n) is 8.71. The Balaban J connectivity index is 2.60. The van der Waals surface area contributed by atoms with Gasteiger partial charge >= 0.3 is 0 Å². The molecule has 0 spiro atoms. The highest BCUT2D eigenvalue weighted by atomic mass is 16.3. The van der Waals surface area contributed by atoms with Gasteiger partial charge in [0.25, 0.3) is 0 Å². The van der Waals surface area contributed by atoms with Crippen LogP contribution in [-0.2, 0) is 0 Å². The molecule has 1 N–H and O–H groups in total. The second kappa shape index (κ2) is 4.61. The molecule has 0 aromatic heterocycles. The van der Waals surface area contributed by atoms with Crippen molar-refractivity contribution in [2.75, 3.05) is 0 Å². The third-order valence-corrected chi connectivity index (χ3v) is 2.89. The second-order valence-corrected chi connectivity index (χ2v) is 4.10. The highest BCUT2D eigenvalue weighted by molar-refractivity contribution is 5.15. The highest BCUT2D eigenvalue weighted by Gasteiger charge is 2.19. The molecular weight excluding hydrogens is 160 g/mol. The minimum Gasteiger partial charge on any atom is -0.388 e. The highest BCUT2D eigenvalue weighted by Crippen LogP contribution is 2.27. The van der Waals surface area contributed by atoms with E-state index in [9.17, 15) is 5.11 Å². The van der Waals surface area contributed by atoms with Crippen LogP contribution in [0.5, 0.6) is 0 Å². The van der Waals surface area contributed by atoms with Crippen LogP contribution in [0.25, 0.3) is 0 Å². The van der Waals surface area contributed by atoms with Crippen LogP contribution in [0.3, 0.4) is 0 Å². The average molecular weight is 180 g/mol. The number of rotatable bonds is 3. The molecule has 0 amide bonds. The summed E-state index contributed by atoms with van der Waals surface area (Å²) in [6.45, 7) is 7.78. The maximum absolute atomic E-state index is 9.81. The first-order valence-corrected chi connectivity index (χ1v) is 5.15. The van der Waals surface area contributed by atoms with Crippen LogP contribution in [0.4, 0.5) is 0 Å². The number of hydrogen-bond acceptors (Lipinski definition) is 1. The molecule has 0 saturated carbocycles. The van der Waals surface area contributed by atoms with Crippen molar-refractivity contribution in [3.05, 3.63) is 23.8 Å². The van der Waals surface area contributed by atoms with E-state index in [1.165, 1.54) is 24.8 Å². The quantitative estimate of drug-likeness (QED) is 0.662. The minimum atomic E-state index is -0.357. The normalized spacial score (nSPS) is 21.9. The van der Waals surface area contributed by atoms with Crippen molar-refractivity contribution in [2.45, 2.75) is 45.6 Å². The predicted octanol–water partition coefficient (Wildman–Crippen LogP) is 3.06. The van der Waals surface area contributed by atoms with Crippen molar-refractivity contribution >= 4 is 0 Å². The van der Waals surface area contributed by atoms with Crippen molar-refractivity contribution in [2.24, 2.45) is 5.92 Å². The minimum absolute atomic E-state index is 0.262. The Morgan fingerprint density at radius 2 is 2.23 bits per heavy atom. The number of aliphatic hydroxyl groups is 1. The fourth-order valence-electron chi connectivity index (χ4n) is 1.91. The lowest BCUT2D eigenvalue weighted by atomic mass is 9.85. The van der Waals surface area contributed by atoms with Crippen molar-refractivity contribution in [3.8, 4) is 0 Å². The first-order valence-electron chi connectivity index (χ1n) is 5.15. The van der Waals surface area contributed by atoms with E-state index in [-0.39, 0.29) is 12.0 Å². The SMILES string of the molecule is C=C(C)[C@@H](O)[C@@H](C)C1=CCCCC1. The summed E-state index contributed by atoms with van der Waals surface area (Å²) in [5.41, 5.74) is 2.29. The fourth-order valence-corrected chi connectivity index (χ4v) is 1.91. The summed E-state index contributed by atoms with van der Waals surface area (Å²) in [7, 11) is 0. The van der Waals surface area contributed by atoms with Crippen LogP contribution in [0, 0.1) is 5.92 Å². The molecule has 1 nitrogen and oxygen atoms in total. The van der Waals surface area contributed by atoms with Gasteiger partial charge in [-0.3, -0.25) is 0 Å². The van der Waals surface area contributed by atoms with Gasteiger partial charge in [0.15, 0.2) is 0 Å². The summed E-state index contributed by atoms with van der Waals surface area (Å²) >= 11 is 0. The van der Waals surface area contributed by atoms with Crippen LogP contribution in [0.15, 0.2) is 23.8 Å². The Morgan fingerprint density at radius 3 is 2.69 bits per heavy atom. The van der Waals surface area contributed by atoms with Crippen molar-refractivity contribution in [1.29, 1.82) is 0 Å². The van der Waals surface area contributed by atoms with Crippen LogP contribution < -0.4 is 0 Å². The van der Waals surface area contributed by atoms with Crippen LogP contribution >= 0.6 is 0 Å². The molecule has 1 aliphatic carbocycles. The molecule has 74 valence electrons. The maximum atomic E-state index is 9.81. The first-order chi connectivity index (χ1) is 6.13. The van der Waals surface area contributed by atoms with Gasteiger partial charge in [-0.2, -0.15) is 0 Å². The Kier molecular flexibility index (Phi) is 3.73. The molecule has 0 bridgehead atoms. The Bertz CT molecular complexity index is 215. The van der Waals surface area contributed by atoms with E-state index >= 15 is 0 Å². The molecule has 1 rings (SSSR count). The monoisotopic (exact) mass is 180 g/mol. The zero-order chi connectivity index (χ0) is 9.84. The fraction of sp³-hybridized carbons (Fsp3) is 0.667. The third-order valence-electron chi connectivity index (χ3n) is 2.89. The Morgan fingerprint density at radius 1 is 1.54 bits per heavy atom. The van der Waals surface area contributed by atoms with Crippen molar-refractivity contribution in [1.82, 2.24) is 0 Å². The summed E-state index contributed by atoms with van der Waals surface area (Å²) in [6, 6.07) is 0. The summed E-state index contributed by atoms with van der Waals surface area (Å²) < 4.78 is 0. The zero-order valence-corrected chi connectivity index (χ0v) is 8.71. The molecule has 0 fully saturated rings. The molecular formula is C12H20O. The lowest BCUT2D eigenvalue weighted by Gasteiger charge is -2.24. The molecule has 0 heterocycles. The van der Waals surface area contributed by atoms with E-state index in [1.54, 1.807) is 0 Å².